The maximum Gasteiger partial charge on any atom is 0.263 e. The molecule has 1 heterocycles. The van der Waals surface area contributed by atoms with Crippen LogP contribution in [0.4, 0.5) is 0 Å². The Morgan fingerprint density at radius 2 is 1.72 bits per heavy atom. The molecule has 0 saturated carbocycles. The van der Waals surface area contributed by atoms with Gasteiger partial charge in [0.25, 0.3) is 11.8 Å². The zero-order valence-corrected chi connectivity index (χ0v) is 15.3. The number of nitrogens with one attached hydrogen (secondary N) is 2. The van der Waals surface area contributed by atoms with E-state index in [0.717, 1.165) is 10.0 Å². The smallest absolute Gasteiger partial charge is 0.263 e. The van der Waals surface area contributed by atoms with E-state index in [1.165, 1.54) is 6.08 Å². The van der Waals surface area contributed by atoms with Crippen LogP contribution in [-0.2, 0) is 16.2 Å². The van der Waals surface area contributed by atoms with Crippen molar-refractivity contribution in [3.05, 3.63) is 69.7 Å². The third-order valence-corrected chi connectivity index (χ3v) is 4.27. The number of amides is 2. The van der Waals surface area contributed by atoms with Crippen molar-refractivity contribution in [2.75, 3.05) is 0 Å². The summed E-state index contributed by atoms with van der Waals surface area (Å²) in [6, 6.07) is 15.2. The first-order valence-corrected chi connectivity index (χ1v) is 8.58. The van der Waals surface area contributed by atoms with E-state index in [-0.39, 0.29) is 10.7 Å². The number of thiocarbonyl (C=S) groups is 1. The molecule has 0 unspecified atom stereocenters. The monoisotopic (exact) mass is 416 g/mol. The van der Waals surface area contributed by atoms with Crippen LogP contribution < -0.4 is 15.4 Å². The molecule has 1 saturated heterocycles. The Balaban J connectivity index is 1.75. The Labute approximate surface area is 158 Å². The Morgan fingerprint density at radius 1 is 1.04 bits per heavy atom. The van der Waals surface area contributed by atoms with Gasteiger partial charge in [0.05, 0.1) is 4.47 Å². The minimum atomic E-state index is -0.519. The molecule has 0 aliphatic carbocycles. The summed E-state index contributed by atoms with van der Waals surface area (Å²) in [5.74, 6) is -0.367. The fourth-order valence-electron chi connectivity index (χ4n) is 2.23. The molecule has 25 heavy (non-hydrogen) atoms. The van der Waals surface area contributed by atoms with Gasteiger partial charge in [-0.15, -0.1) is 0 Å². The van der Waals surface area contributed by atoms with Crippen LogP contribution in [-0.4, -0.2) is 16.9 Å². The van der Waals surface area contributed by atoms with Gasteiger partial charge in [0, 0.05) is 0 Å². The van der Waals surface area contributed by atoms with Crippen molar-refractivity contribution < 1.29 is 14.3 Å². The van der Waals surface area contributed by atoms with Crippen LogP contribution in [0.15, 0.2) is 58.6 Å². The molecule has 2 aromatic rings. The van der Waals surface area contributed by atoms with Gasteiger partial charge in [0.1, 0.15) is 17.9 Å². The van der Waals surface area contributed by atoms with Gasteiger partial charge in [-0.3, -0.25) is 20.2 Å². The molecule has 2 aromatic carbocycles. The highest BCUT2D eigenvalue weighted by molar-refractivity contribution is 9.10. The van der Waals surface area contributed by atoms with Crippen molar-refractivity contribution in [3.8, 4) is 5.75 Å². The lowest BCUT2D eigenvalue weighted by Gasteiger charge is -2.16. The second-order valence-electron chi connectivity index (χ2n) is 5.26. The summed E-state index contributed by atoms with van der Waals surface area (Å²) < 4.78 is 6.51. The average molecular weight is 417 g/mol. The van der Waals surface area contributed by atoms with Crippen molar-refractivity contribution in [1.29, 1.82) is 0 Å². The number of hydrogen-bond acceptors (Lipinski definition) is 4. The molecule has 0 bridgehead atoms. The maximum atomic E-state index is 11.9. The molecular formula is C18H13BrN2O3S. The third-order valence-electron chi connectivity index (χ3n) is 3.45. The molecule has 0 aromatic heterocycles. The predicted octanol–water partition coefficient (Wildman–Crippen LogP) is 2.94. The van der Waals surface area contributed by atoms with Crippen molar-refractivity contribution in [3.63, 3.8) is 0 Å². The molecule has 1 aliphatic rings. The summed E-state index contributed by atoms with van der Waals surface area (Å²) in [5, 5.41) is 4.81. The number of halogens is 1. The second kappa shape index (κ2) is 7.58. The van der Waals surface area contributed by atoms with Gasteiger partial charge in [-0.2, -0.15) is 0 Å². The quantitative estimate of drug-likeness (QED) is 0.456. The largest absolute Gasteiger partial charge is 0.488 e. The molecule has 126 valence electrons. The number of carbonyl (C=O) groups is 2. The normalized spacial score (nSPS) is 14.0. The number of benzene rings is 2. The third kappa shape index (κ3) is 4.32. The van der Waals surface area contributed by atoms with E-state index in [0.29, 0.717) is 17.9 Å². The second-order valence-corrected chi connectivity index (χ2v) is 6.52. The summed E-state index contributed by atoms with van der Waals surface area (Å²) in [6.45, 7) is 0.447. The first-order chi connectivity index (χ1) is 12.0. The molecule has 1 aliphatic heterocycles. The SMILES string of the molecule is O=C1NC(=S)NC(=O)C1=Cc1ccc(OCc2ccccc2)c(Br)c1. The van der Waals surface area contributed by atoms with Crippen LogP contribution in [0.25, 0.3) is 6.08 Å². The molecule has 1 fully saturated rings. The summed E-state index contributed by atoms with van der Waals surface area (Å²) >= 11 is 8.22. The molecule has 0 atom stereocenters. The van der Waals surface area contributed by atoms with E-state index in [1.54, 1.807) is 18.2 Å². The van der Waals surface area contributed by atoms with Gasteiger partial charge in [-0.25, -0.2) is 0 Å². The van der Waals surface area contributed by atoms with Crippen LogP contribution in [0, 0.1) is 0 Å². The molecule has 0 spiro atoms. The molecule has 7 heteroatoms. The zero-order valence-electron chi connectivity index (χ0n) is 12.9. The van der Waals surface area contributed by atoms with Crippen LogP contribution in [0.5, 0.6) is 5.75 Å². The Morgan fingerprint density at radius 3 is 2.36 bits per heavy atom. The molecular weight excluding hydrogens is 404 g/mol. The predicted molar refractivity (Wildman–Crippen MR) is 102 cm³/mol. The van der Waals surface area contributed by atoms with Crippen molar-refractivity contribution in [2.24, 2.45) is 0 Å². The summed E-state index contributed by atoms with van der Waals surface area (Å²) in [4.78, 5) is 23.7. The molecule has 5 nitrogen and oxygen atoms in total. The van der Waals surface area contributed by atoms with Crippen molar-refractivity contribution in [2.45, 2.75) is 6.61 Å². The lowest BCUT2D eigenvalue weighted by atomic mass is 10.1. The fraction of sp³-hybridized carbons (Fsp3) is 0.0556. The van der Waals surface area contributed by atoms with Crippen LogP contribution in [0.2, 0.25) is 0 Å². The van der Waals surface area contributed by atoms with Gasteiger partial charge in [0.15, 0.2) is 5.11 Å². The first-order valence-electron chi connectivity index (χ1n) is 7.37. The number of rotatable bonds is 4. The van der Waals surface area contributed by atoms with Crippen molar-refractivity contribution >= 4 is 51.2 Å². The van der Waals surface area contributed by atoms with Gasteiger partial charge >= 0.3 is 0 Å². The summed E-state index contributed by atoms with van der Waals surface area (Å²) in [7, 11) is 0. The van der Waals surface area contributed by atoms with Gasteiger partial charge < -0.3 is 4.74 Å². The lowest BCUT2D eigenvalue weighted by molar-refractivity contribution is -0.123. The van der Waals surface area contributed by atoms with Crippen LogP contribution in [0.3, 0.4) is 0 Å². The van der Waals surface area contributed by atoms with E-state index >= 15 is 0 Å². The number of ether oxygens (including phenoxy) is 1. The highest BCUT2D eigenvalue weighted by Crippen LogP contribution is 2.28. The maximum absolute atomic E-state index is 11.9. The zero-order chi connectivity index (χ0) is 17.8. The minimum absolute atomic E-state index is 0.00143. The summed E-state index contributed by atoms with van der Waals surface area (Å²) in [5.41, 5.74) is 1.75. The standard InChI is InChI=1S/C18H13BrN2O3S/c19-14-9-12(8-13-16(22)20-18(25)21-17(13)23)6-7-15(14)24-10-11-4-2-1-3-5-11/h1-9H,10H2,(H2,20,21,22,23,25). The van der Waals surface area contributed by atoms with Crippen LogP contribution in [0.1, 0.15) is 11.1 Å². The van der Waals surface area contributed by atoms with E-state index < -0.39 is 11.8 Å². The van der Waals surface area contributed by atoms with Crippen molar-refractivity contribution in [1.82, 2.24) is 10.6 Å². The average Bonchev–Trinajstić information content (AvgIpc) is 2.58. The van der Waals surface area contributed by atoms with Gasteiger partial charge in [0.2, 0.25) is 0 Å². The summed E-state index contributed by atoms with van der Waals surface area (Å²) in [6.07, 6.45) is 1.50. The first kappa shape index (κ1) is 17.3. The molecule has 3 rings (SSSR count). The van der Waals surface area contributed by atoms with Crippen LogP contribution >= 0.6 is 28.1 Å². The minimum Gasteiger partial charge on any atom is -0.488 e. The number of hydrogen-bond donors (Lipinski definition) is 2. The van der Waals surface area contributed by atoms with Gasteiger partial charge in [-0.05, 0) is 57.5 Å². The molecule has 2 amide bonds. The fourth-order valence-corrected chi connectivity index (χ4v) is 2.93. The van der Waals surface area contributed by atoms with E-state index in [1.807, 2.05) is 30.3 Å². The number of carbonyl (C=O) groups excluding carboxylic acids is 2. The molecule has 2 N–H and O–H groups in total. The topological polar surface area (TPSA) is 67.4 Å². The van der Waals surface area contributed by atoms with E-state index in [4.69, 9.17) is 17.0 Å². The Bertz CT molecular complexity index is 859. The van der Waals surface area contributed by atoms with E-state index in [9.17, 15) is 9.59 Å². The Hall–Kier alpha value is -2.51. The van der Waals surface area contributed by atoms with E-state index in [2.05, 4.69) is 26.6 Å². The lowest BCUT2D eigenvalue weighted by Crippen LogP contribution is -2.51. The van der Waals surface area contributed by atoms with Gasteiger partial charge in [-0.1, -0.05) is 36.4 Å². The molecule has 0 radical (unpaired) electrons. The highest BCUT2D eigenvalue weighted by atomic mass is 79.9. The highest BCUT2D eigenvalue weighted by Gasteiger charge is 2.25. The Kier molecular flexibility index (Phi) is 5.25.